The summed E-state index contributed by atoms with van der Waals surface area (Å²) >= 11 is 1.54. The van der Waals surface area contributed by atoms with Gasteiger partial charge < -0.3 is 5.32 Å². The highest BCUT2D eigenvalue weighted by Crippen LogP contribution is 2.26. The van der Waals surface area contributed by atoms with Crippen molar-refractivity contribution < 1.29 is 9.18 Å². The molecule has 3 aromatic heterocycles. The predicted octanol–water partition coefficient (Wildman–Crippen LogP) is 4.06. The summed E-state index contributed by atoms with van der Waals surface area (Å²) in [7, 11) is 0. The van der Waals surface area contributed by atoms with Crippen molar-refractivity contribution in [1.29, 1.82) is 0 Å². The highest BCUT2D eigenvalue weighted by atomic mass is 32.1. The molecule has 0 aliphatic heterocycles. The maximum atomic E-state index is 13.3. The first-order valence-corrected chi connectivity index (χ1v) is 9.17. The molecular weight excluding hydrogens is 363 g/mol. The first kappa shape index (κ1) is 17.1. The fourth-order valence-electron chi connectivity index (χ4n) is 2.63. The molecule has 1 aromatic carbocycles. The van der Waals surface area contributed by atoms with E-state index in [-0.39, 0.29) is 11.7 Å². The van der Waals surface area contributed by atoms with Crippen molar-refractivity contribution in [3.8, 4) is 16.3 Å². The van der Waals surface area contributed by atoms with Gasteiger partial charge in [-0.1, -0.05) is 12.1 Å². The summed E-state index contributed by atoms with van der Waals surface area (Å²) in [4.78, 5) is 17.9. The van der Waals surface area contributed by atoms with Gasteiger partial charge >= 0.3 is 0 Å². The van der Waals surface area contributed by atoms with Gasteiger partial charge in [0.25, 0.3) is 5.91 Å². The Balaban J connectivity index is 1.67. The van der Waals surface area contributed by atoms with Gasteiger partial charge in [-0.3, -0.25) is 9.78 Å². The lowest BCUT2D eigenvalue weighted by Gasteiger charge is -2.08. The summed E-state index contributed by atoms with van der Waals surface area (Å²) in [6.07, 6.45) is 1.68. The van der Waals surface area contributed by atoms with E-state index in [0.29, 0.717) is 23.6 Å². The first-order valence-electron chi connectivity index (χ1n) is 8.29. The number of amides is 1. The molecule has 0 bridgehead atoms. The highest BCUT2D eigenvalue weighted by Gasteiger charge is 2.18. The third-order valence-corrected chi connectivity index (χ3v) is 4.84. The van der Waals surface area contributed by atoms with Crippen LogP contribution in [-0.4, -0.2) is 20.7 Å². The van der Waals surface area contributed by atoms with Gasteiger partial charge in [0.15, 0.2) is 0 Å². The van der Waals surface area contributed by atoms with E-state index < -0.39 is 0 Å². The summed E-state index contributed by atoms with van der Waals surface area (Å²) in [6.45, 7) is 0.308. The summed E-state index contributed by atoms with van der Waals surface area (Å²) < 4.78 is 14.8. The van der Waals surface area contributed by atoms with Crippen LogP contribution >= 0.6 is 11.3 Å². The molecule has 7 heteroatoms. The molecule has 27 heavy (non-hydrogen) atoms. The van der Waals surface area contributed by atoms with Gasteiger partial charge in [0.1, 0.15) is 17.2 Å². The Bertz CT molecular complexity index is 1040. The molecule has 4 aromatic rings. The summed E-state index contributed by atoms with van der Waals surface area (Å²) in [5, 5.41) is 9.37. The number of hydrogen-bond acceptors (Lipinski definition) is 4. The molecule has 0 atom stereocenters. The molecule has 0 unspecified atom stereocenters. The van der Waals surface area contributed by atoms with Crippen molar-refractivity contribution >= 4 is 17.2 Å². The molecular formula is C20H15FN4OS. The normalized spacial score (nSPS) is 10.7. The van der Waals surface area contributed by atoms with Gasteiger partial charge in [0.2, 0.25) is 0 Å². The van der Waals surface area contributed by atoms with Crippen LogP contribution < -0.4 is 5.32 Å². The molecule has 0 radical (unpaired) electrons. The molecule has 4 rings (SSSR count). The van der Waals surface area contributed by atoms with Gasteiger partial charge in [-0.25, -0.2) is 9.07 Å². The van der Waals surface area contributed by atoms with E-state index in [9.17, 15) is 9.18 Å². The minimum atomic E-state index is -0.342. The lowest BCUT2D eigenvalue weighted by molar-refractivity contribution is 0.0942. The zero-order valence-corrected chi connectivity index (χ0v) is 15.0. The molecule has 0 spiro atoms. The average molecular weight is 378 g/mol. The van der Waals surface area contributed by atoms with Gasteiger partial charge in [-0.15, -0.1) is 11.3 Å². The van der Waals surface area contributed by atoms with Crippen LogP contribution in [0.1, 0.15) is 16.2 Å². The summed E-state index contributed by atoms with van der Waals surface area (Å²) in [5.74, 6) is -0.620. The predicted molar refractivity (Wildman–Crippen MR) is 102 cm³/mol. The minimum Gasteiger partial charge on any atom is -0.345 e. The van der Waals surface area contributed by atoms with E-state index in [4.69, 9.17) is 0 Å². The summed E-state index contributed by atoms with van der Waals surface area (Å²) in [5.41, 5.74) is 2.44. The molecule has 5 nitrogen and oxygen atoms in total. The second-order valence-corrected chi connectivity index (χ2v) is 6.73. The number of benzene rings is 1. The SMILES string of the molecule is O=C(NCc1ccccn1)c1cc(-c2cccs2)nn1-c1ccc(F)cc1. The lowest BCUT2D eigenvalue weighted by atomic mass is 10.2. The van der Waals surface area contributed by atoms with E-state index >= 15 is 0 Å². The Kier molecular flexibility index (Phi) is 4.76. The van der Waals surface area contributed by atoms with E-state index in [1.807, 2.05) is 35.7 Å². The number of nitrogens with zero attached hydrogens (tertiary/aromatic N) is 3. The van der Waals surface area contributed by atoms with Gasteiger partial charge in [-0.05, 0) is 53.9 Å². The number of aromatic nitrogens is 3. The van der Waals surface area contributed by atoms with Crippen LogP contribution in [0.15, 0.2) is 72.2 Å². The fourth-order valence-corrected chi connectivity index (χ4v) is 3.31. The molecule has 0 fully saturated rings. The van der Waals surface area contributed by atoms with Crippen molar-refractivity contribution in [2.24, 2.45) is 0 Å². The monoisotopic (exact) mass is 378 g/mol. The Morgan fingerprint density at radius 3 is 2.67 bits per heavy atom. The zero-order chi connectivity index (χ0) is 18.6. The number of pyridine rings is 1. The van der Waals surface area contributed by atoms with Crippen molar-refractivity contribution in [2.75, 3.05) is 0 Å². The molecule has 0 saturated heterocycles. The number of thiophene rings is 1. The van der Waals surface area contributed by atoms with Crippen LogP contribution in [-0.2, 0) is 6.54 Å². The summed E-state index contributed by atoms with van der Waals surface area (Å²) in [6, 6.07) is 17.0. The quantitative estimate of drug-likeness (QED) is 0.570. The maximum Gasteiger partial charge on any atom is 0.270 e. The average Bonchev–Trinajstić information content (AvgIpc) is 3.37. The Hall–Kier alpha value is -3.32. The van der Waals surface area contributed by atoms with E-state index in [0.717, 1.165) is 10.6 Å². The Labute approximate surface area is 159 Å². The highest BCUT2D eigenvalue weighted by molar-refractivity contribution is 7.13. The van der Waals surface area contributed by atoms with Crippen LogP contribution in [0.25, 0.3) is 16.3 Å². The van der Waals surface area contributed by atoms with E-state index in [2.05, 4.69) is 15.4 Å². The fraction of sp³-hybridized carbons (Fsp3) is 0.0500. The van der Waals surface area contributed by atoms with Gasteiger partial charge in [0, 0.05) is 6.20 Å². The molecule has 1 N–H and O–H groups in total. The number of hydrogen-bond donors (Lipinski definition) is 1. The van der Waals surface area contributed by atoms with Gasteiger partial charge in [0.05, 0.1) is 22.8 Å². The molecule has 0 aliphatic rings. The molecule has 0 aliphatic carbocycles. The van der Waals surface area contributed by atoms with Crippen molar-refractivity contribution in [3.05, 3.63) is 89.4 Å². The van der Waals surface area contributed by atoms with Crippen molar-refractivity contribution in [3.63, 3.8) is 0 Å². The van der Waals surface area contributed by atoms with E-state index in [1.165, 1.54) is 16.8 Å². The zero-order valence-electron chi connectivity index (χ0n) is 14.2. The topological polar surface area (TPSA) is 59.8 Å². The van der Waals surface area contributed by atoms with Crippen LogP contribution in [0.3, 0.4) is 0 Å². The largest absolute Gasteiger partial charge is 0.345 e. The molecule has 134 valence electrons. The van der Waals surface area contributed by atoms with Crippen LogP contribution in [0, 0.1) is 5.82 Å². The second kappa shape index (κ2) is 7.51. The van der Waals surface area contributed by atoms with Crippen LogP contribution in [0.5, 0.6) is 0 Å². The number of carbonyl (C=O) groups excluding carboxylic acids is 1. The Morgan fingerprint density at radius 1 is 1.11 bits per heavy atom. The van der Waals surface area contributed by atoms with Crippen LogP contribution in [0.4, 0.5) is 4.39 Å². The maximum absolute atomic E-state index is 13.3. The van der Waals surface area contributed by atoms with Gasteiger partial charge in [-0.2, -0.15) is 5.10 Å². The molecule has 3 heterocycles. The lowest BCUT2D eigenvalue weighted by Crippen LogP contribution is -2.25. The standard InChI is InChI=1S/C20H15FN4OS/c21-14-6-8-16(9-7-14)25-18(12-17(24-25)19-5-3-11-27-19)20(26)23-13-15-4-1-2-10-22-15/h1-12H,13H2,(H,23,26). The molecule has 0 saturated carbocycles. The van der Waals surface area contributed by atoms with Crippen LogP contribution in [0.2, 0.25) is 0 Å². The number of rotatable bonds is 5. The van der Waals surface area contributed by atoms with E-state index in [1.54, 1.807) is 35.7 Å². The van der Waals surface area contributed by atoms with Crippen molar-refractivity contribution in [1.82, 2.24) is 20.1 Å². The smallest absolute Gasteiger partial charge is 0.270 e. The molecule has 1 amide bonds. The third-order valence-electron chi connectivity index (χ3n) is 3.94. The second-order valence-electron chi connectivity index (χ2n) is 5.78. The minimum absolute atomic E-state index is 0.278. The van der Waals surface area contributed by atoms with Crippen molar-refractivity contribution in [2.45, 2.75) is 6.54 Å². The Morgan fingerprint density at radius 2 is 1.96 bits per heavy atom. The number of carbonyl (C=O) groups is 1. The first-order chi connectivity index (χ1) is 13.2. The number of nitrogens with one attached hydrogen (secondary N) is 1. The third kappa shape index (κ3) is 3.78. The number of halogens is 1.